The van der Waals surface area contributed by atoms with Crippen molar-refractivity contribution in [1.29, 1.82) is 0 Å². The monoisotopic (exact) mass is 587 g/mol. The topological polar surface area (TPSA) is 137 Å². The molecule has 1 aromatic carbocycles. The van der Waals surface area contributed by atoms with Gasteiger partial charge in [0.15, 0.2) is 0 Å². The highest BCUT2D eigenvalue weighted by Crippen LogP contribution is 2.38. The summed E-state index contributed by atoms with van der Waals surface area (Å²) in [5.74, 6) is -0.833. The van der Waals surface area contributed by atoms with Crippen LogP contribution in [0.2, 0.25) is 0 Å². The normalized spacial score (nSPS) is 19.3. The zero-order valence-electron chi connectivity index (χ0n) is 22.7. The van der Waals surface area contributed by atoms with Crippen LogP contribution in [-0.2, 0) is 27.2 Å². The Kier molecular flexibility index (Phi) is 9.28. The molecule has 0 spiro atoms. The number of aromatic amines is 1. The second-order valence-electron chi connectivity index (χ2n) is 10.8. The number of rotatable bonds is 7. The summed E-state index contributed by atoms with van der Waals surface area (Å²) >= 11 is 0. The van der Waals surface area contributed by atoms with Gasteiger partial charge in [-0.05, 0) is 37.6 Å². The predicted molar refractivity (Wildman–Crippen MR) is 158 cm³/mol. The first-order valence-electron chi connectivity index (χ1n) is 12.8. The SMILES string of the molecule is CN1N=C2CCN(C(=O)C(Cc3c[nH]c4ccccc34)NC(=O)C(C)(C)N)CC2(Cc2ccccn2)C1=O.Cl.Cl. The minimum Gasteiger partial charge on any atom is -0.361 e. The highest BCUT2D eigenvalue weighted by Gasteiger charge is 2.54. The Labute approximate surface area is 245 Å². The first-order chi connectivity index (χ1) is 18.1. The summed E-state index contributed by atoms with van der Waals surface area (Å²) in [4.78, 5) is 49.8. The molecule has 5 rings (SSSR count). The number of amides is 3. The molecule has 2 aromatic heterocycles. The number of para-hydroxylation sites is 1. The van der Waals surface area contributed by atoms with Gasteiger partial charge in [0.2, 0.25) is 11.8 Å². The van der Waals surface area contributed by atoms with E-state index in [1.807, 2.05) is 48.7 Å². The van der Waals surface area contributed by atoms with Crippen molar-refractivity contribution in [2.75, 3.05) is 20.1 Å². The first-order valence-corrected chi connectivity index (χ1v) is 12.8. The van der Waals surface area contributed by atoms with E-state index in [-0.39, 0.29) is 49.6 Å². The molecule has 40 heavy (non-hydrogen) atoms. The van der Waals surface area contributed by atoms with Gasteiger partial charge in [0.05, 0.1) is 11.3 Å². The van der Waals surface area contributed by atoms with Gasteiger partial charge in [-0.3, -0.25) is 19.4 Å². The van der Waals surface area contributed by atoms with E-state index in [0.717, 1.165) is 27.9 Å². The number of carbonyl (C=O) groups excluding carboxylic acids is 3. The van der Waals surface area contributed by atoms with Crippen molar-refractivity contribution >= 4 is 59.2 Å². The smallest absolute Gasteiger partial charge is 0.256 e. The number of hydrogen-bond acceptors (Lipinski definition) is 6. The van der Waals surface area contributed by atoms with E-state index in [1.54, 1.807) is 32.0 Å². The van der Waals surface area contributed by atoms with Crippen molar-refractivity contribution < 1.29 is 14.4 Å². The molecule has 4 heterocycles. The van der Waals surface area contributed by atoms with Crippen LogP contribution in [0.15, 0.2) is 60.0 Å². The maximum absolute atomic E-state index is 14.1. The van der Waals surface area contributed by atoms with Crippen LogP contribution in [0.4, 0.5) is 0 Å². The fourth-order valence-corrected chi connectivity index (χ4v) is 5.37. The third-order valence-corrected chi connectivity index (χ3v) is 7.41. The molecule has 2 unspecified atom stereocenters. The number of piperidine rings is 1. The molecule has 0 radical (unpaired) electrons. The Balaban J connectivity index is 0.00000220. The number of hydrazone groups is 1. The van der Waals surface area contributed by atoms with Crippen LogP contribution in [0.3, 0.4) is 0 Å². The lowest BCUT2D eigenvalue weighted by Gasteiger charge is -2.40. The lowest BCUT2D eigenvalue weighted by Crippen LogP contribution is -2.61. The largest absolute Gasteiger partial charge is 0.361 e. The molecule has 4 N–H and O–H groups in total. The average Bonchev–Trinajstić information content (AvgIpc) is 3.41. The minimum atomic E-state index is -1.16. The summed E-state index contributed by atoms with van der Waals surface area (Å²) in [7, 11) is 1.64. The molecule has 12 heteroatoms. The van der Waals surface area contributed by atoms with Crippen LogP contribution in [0.25, 0.3) is 10.9 Å². The summed E-state index contributed by atoms with van der Waals surface area (Å²) in [6, 6.07) is 12.5. The summed E-state index contributed by atoms with van der Waals surface area (Å²) in [6.45, 7) is 3.77. The number of pyridine rings is 1. The molecule has 214 valence electrons. The Morgan fingerprint density at radius 3 is 2.60 bits per heavy atom. The Morgan fingerprint density at radius 2 is 1.90 bits per heavy atom. The number of hydrogen-bond donors (Lipinski definition) is 3. The maximum Gasteiger partial charge on any atom is 0.256 e. The third-order valence-electron chi connectivity index (χ3n) is 7.41. The second-order valence-corrected chi connectivity index (χ2v) is 10.8. The van der Waals surface area contributed by atoms with Gasteiger partial charge in [-0.1, -0.05) is 24.3 Å². The van der Waals surface area contributed by atoms with Crippen LogP contribution < -0.4 is 11.1 Å². The number of nitrogens with one attached hydrogen (secondary N) is 2. The number of halogens is 2. The molecule has 1 fully saturated rings. The van der Waals surface area contributed by atoms with Gasteiger partial charge in [0.25, 0.3) is 5.91 Å². The zero-order chi connectivity index (χ0) is 27.1. The average molecular weight is 589 g/mol. The van der Waals surface area contributed by atoms with E-state index >= 15 is 0 Å². The lowest BCUT2D eigenvalue weighted by molar-refractivity contribution is -0.142. The van der Waals surface area contributed by atoms with Crippen LogP contribution in [0.1, 0.15) is 31.5 Å². The molecular weight excluding hydrogens is 553 g/mol. The van der Waals surface area contributed by atoms with Gasteiger partial charge in [-0.15, -0.1) is 24.8 Å². The molecular formula is C28H35Cl2N7O3. The van der Waals surface area contributed by atoms with Crippen molar-refractivity contribution in [3.8, 4) is 0 Å². The summed E-state index contributed by atoms with van der Waals surface area (Å²) in [6.07, 6.45) is 4.64. The van der Waals surface area contributed by atoms with Crippen molar-refractivity contribution in [3.63, 3.8) is 0 Å². The molecule has 3 aromatic rings. The van der Waals surface area contributed by atoms with Crippen LogP contribution in [0.5, 0.6) is 0 Å². The Bertz CT molecular complexity index is 1420. The molecule has 0 bridgehead atoms. The number of nitrogens with two attached hydrogens (primary N) is 1. The predicted octanol–water partition coefficient (Wildman–Crippen LogP) is 2.46. The van der Waals surface area contributed by atoms with Gasteiger partial charge < -0.3 is 20.9 Å². The van der Waals surface area contributed by atoms with Crippen molar-refractivity contribution in [3.05, 3.63) is 66.1 Å². The van der Waals surface area contributed by atoms with Crippen LogP contribution >= 0.6 is 24.8 Å². The van der Waals surface area contributed by atoms with Crippen molar-refractivity contribution in [1.82, 2.24) is 25.2 Å². The van der Waals surface area contributed by atoms with E-state index < -0.39 is 22.9 Å². The van der Waals surface area contributed by atoms with Crippen molar-refractivity contribution in [2.45, 2.75) is 44.7 Å². The minimum absolute atomic E-state index is 0. The van der Waals surface area contributed by atoms with Gasteiger partial charge in [-0.25, -0.2) is 5.01 Å². The first kappa shape index (κ1) is 31.1. The molecule has 2 aliphatic rings. The Hall–Kier alpha value is -3.47. The molecule has 0 saturated carbocycles. The number of likely N-dealkylation sites (tertiary alicyclic amines) is 1. The van der Waals surface area contributed by atoms with Gasteiger partial charge in [0, 0.05) is 68.4 Å². The second kappa shape index (κ2) is 12.0. The Morgan fingerprint density at radius 1 is 1.18 bits per heavy atom. The standard InChI is InChI=1S/C28H33N7O3.2ClH/c1-27(2,29)25(37)32-22(14-18-16-31-21-10-5-4-9-20(18)21)24(36)35-13-11-23-28(17-35,26(38)34(3)33-23)15-19-8-6-7-12-30-19;;/h4-10,12,16,22,31H,11,13-15,17,29H2,1-3H3,(H,32,37);2*1H. The fraction of sp³-hybridized carbons (Fsp3) is 0.393. The number of H-pyrrole nitrogens is 1. The van der Waals surface area contributed by atoms with Crippen LogP contribution in [0, 0.1) is 5.41 Å². The fourth-order valence-electron chi connectivity index (χ4n) is 5.37. The van der Waals surface area contributed by atoms with E-state index in [4.69, 9.17) is 5.73 Å². The molecule has 3 amide bonds. The molecule has 0 aliphatic carbocycles. The zero-order valence-corrected chi connectivity index (χ0v) is 24.3. The van der Waals surface area contributed by atoms with Gasteiger partial charge in [-0.2, -0.15) is 5.10 Å². The van der Waals surface area contributed by atoms with Gasteiger partial charge in [0.1, 0.15) is 11.5 Å². The summed E-state index contributed by atoms with van der Waals surface area (Å²) in [5.41, 5.74) is 7.30. The molecule has 10 nitrogen and oxygen atoms in total. The number of aromatic nitrogens is 2. The number of benzene rings is 1. The highest BCUT2D eigenvalue weighted by molar-refractivity contribution is 6.13. The maximum atomic E-state index is 14.1. The highest BCUT2D eigenvalue weighted by atomic mass is 35.5. The third kappa shape index (κ3) is 5.84. The number of nitrogens with zero attached hydrogens (tertiary/aromatic N) is 4. The molecule has 2 atom stereocenters. The summed E-state index contributed by atoms with van der Waals surface area (Å²) < 4.78 is 0. The van der Waals surface area contributed by atoms with Crippen LogP contribution in [-0.4, -0.2) is 75.0 Å². The molecule has 2 aliphatic heterocycles. The van der Waals surface area contributed by atoms with Crippen molar-refractivity contribution in [2.24, 2.45) is 16.3 Å². The van der Waals surface area contributed by atoms with E-state index in [2.05, 4.69) is 20.4 Å². The van der Waals surface area contributed by atoms with E-state index in [1.165, 1.54) is 5.01 Å². The molecule has 1 saturated heterocycles. The summed E-state index contributed by atoms with van der Waals surface area (Å²) in [5, 5.41) is 9.76. The van der Waals surface area contributed by atoms with E-state index in [9.17, 15) is 14.4 Å². The lowest BCUT2D eigenvalue weighted by atomic mass is 9.74. The van der Waals surface area contributed by atoms with E-state index in [0.29, 0.717) is 19.4 Å². The number of carbonyl (C=O) groups is 3. The number of fused-ring (bicyclic) bond motifs is 2. The van der Waals surface area contributed by atoms with Gasteiger partial charge >= 0.3 is 0 Å². The quantitative estimate of drug-likeness (QED) is 0.390.